The number of piperidine rings is 1. The van der Waals surface area contributed by atoms with E-state index in [9.17, 15) is 14.4 Å². The maximum absolute atomic E-state index is 13.4. The van der Waals surface area contributed by atoms with Gasteiger partial charge in [0.1, 0.15) is 5.58 Å². The van der Waals surface area contributed by atoms with Crippen molar-refractivity contribution in [3.05, 3.63) is 127 Å². The second-order valence-electron chi connectivity index (χ2n) is 12.1. The summed E-state index contributed by atoms with van der Waals surface area (Å²) >= 11 is 9.52. The first-order valence-electron chi connectivity index (χ1n) is 15.7. The Bertz CT molecular complexity index is 1790. The fraction of sp³-hybridized carbons (Fsp3) is 0.324. The van der Waals surface area contributed by atoms with Crippen LogP contribution in [0.2, 0.25) is 5.02 Å². The molecule has 4 aromatic rings. The van der Waals surface area contributed by atoms with Crippen LogP contribution in [0.15, 0.2) is 98.1 Å². The van der Waals surface area contributed by atoms with Crippen molar-refractivity contribution in [2.24, 2.45) is 0 Å². The number of benzene rings is 3. The Morgan fingerprint density at radius 3 is 2.56 bits per heavy atom. The van der Waals surface area contributed by atoms with E-state index in [1.165, 1.54) is 22.8 Å². The molecule has 2 aliphatic rings. The van der Waals surface area contributed by atoms with E-state index in [0.29, 0.717) is 41.3 Å². The summed E-state index contributed by atoms with van der Waals surface area (Å²) in [7, 11) is 0. The Labute approximate surface area is 276 Å². The van der Waals surface area contributed by atoms with Crippen LogP contribution in [0.1, 0.15) is 78.1 Å². The number of likely N-dealkylation sites (tertiary alicyclic amines) is 1. The Balaban J connectivity index is 1.18. The molecule has 0 radical (unpaired) electrons. The standard InChI is InChI=1S/C37H36BrClN2O4/c38-28-14-17-34-32(21-28)33(42)22-35(45-34)37(44)40-30(20-25-10-15-29(39)16-11-25)19-24-8-12-26(13-9-24)31-6-2-1-5-27(31)23-41-18-4-3-7-36(41)43/h1-2,5-6,10-11,14-17,19,21-22,26,30H,3-4,7-9,12-13,18,20,23H2,(H,40,44)/t26?,30-/m0/s1. The molecule has 232 valence electrons. The monoisotopic (exact) mass is 686 g/mol. The lowest BCUT2D eigenvalue weighted by atomic mass is 9.79. The molecule has 1 N–H and O–H groups in total. The van der Waals surface area contributed by atoms with Gasteiger partial charge in [0.2, 0.25) is 5.91 Å². The summed E-state index contributed by atoms with van der Waals surface area (Å²) in [4.78, 5) is 40.7. The van der Waals surface area contributed by atoms with Crippen molar-refractivity contribution >= 4 is 50.3 Å². The number of hydrogen-bond acceptors (Lipinski definition) is 4. The average Bonchev–Trinajstić information content (AvgIpc) is 3.04. The minimum Gasteiger partial charge on any atom is -0.451 e. The fourth-order valence-electron chi connectivity index (χ4n) is 6.57. The molecule has 45 heavy (non-hydrogen) atoms. The van der Waals surface area contributed by atoms with Crippen molar-refractivity contribution in [2.75, 3.05) is 6.54 Å². The molecule has 6 nitrogen and oxygen atoms in total. The molecule has 1 aromatic heterocycles. The van der Waals surface area contributed by atoms with E-state index in [2.05, 4.69) is 51.6 Å². The molecule has 0 spiro atoms. The molecular formula is C37H36BrClN2O4. The van der Waals surface area contributed by atoms with Crippen LogP contribution < -0.4 is 10.7 Å². The summed E-state index contributed by atoms with van der Waals surface area (Å²) in [5, 5.41) is 4.20. The number of hydrogen-bond donors (Lipinski definition) is 1. The quantitative estimate of drug-likeness (QED) is 0.189. The van der Waals surface area contributed by atoms with Crippen LogP contribution >= 0.6 is 27.5 Å². The third-order valence-corrected chi connectivity index (χ3v) is 9.69. The highest BCUT2D eigenvalue weighted by Gasteiger charge is 2.25. The Morgan fingerprint density at radius 2 is 1.78 bits per heavy atom. The van der Waals surface area contributed by atoms with E-state index in [-0.39, 0.29) is 23.1 Å². The summed E-state index contributed by atoms with van der Waals surface area (Å²) in [6, 6.07) is 22.3. The van der Waals surface area contributed by atoms with Gasteiger partial charge in [-0.15, -0.1) is 0 Å². The zero-order valence-corrected chi connectivity index (χ0v) is 27.4. The van der Waals surface area contributed by atoms with E-state index < -0.39 is 5.91 Å². The first-order valence-corrected chi connectivity index (χ1v) is 16.8. The van der Waals surface area contributed by atoms with Crippen molar-refractivity contribution in [3.8, 4) is 0 Å². The summed E-state index contributed by atoms with van der Waals surface area (Å²) in [5.74, 6) is 0.244. The molecule has 1 aliphatic heterocycles. The average molecular weight is 688 g/mol. The fourth-order valence-corrected chi connectivity index (χ4v) is 7.05. The predicted molar refractivity (Wildman–Crippen MR) is 182 cm³/mol. The van der Waals surface area contributed by atoms with Crippen LogP contribution in [0.3, 0.4) is 0 Å². The molecule has 8 heteroatoms. The minimum absolute atomic E-state index is 0.0122. The second-order valence-corrected chi connectivity index (χ2v) is 13.4. The van der Waals surface area contributed by atoms with Gasteiger partial charge in [0, 0.05) is 35.1 Å². The van der Waals surface area contributed by atoms with Crippen molar-refractivity contribution in [1.82, 2.24) is 10.2 Å². The van der Waals surface area contributed by atoms with Crippen LogP contribution in [0.25, 0.3) is 11.0 Å². The number of halogens is 2. The molecule has 6 rings (SSSR count). The summed E-state index contributed by atoms with van der Waals surface area (Å²) < 4.78 is 6.62. The third kappa shape index (κ3) is 7.77. The molecule has 1 aliphatic carbocycles. The molecule has 3 aromatic carbocycles. The van der Waals surface area contributed by atoms with Crippen molar-refractivity contribution in [1.29, 1.82) is 0 Å². The zero-order valence-electron chi connectivity index (χ0n) is 25.1. The van der Waals surface area contributed by atoms with E-state index in [0.717, 1.165) is 55.1 Å². The normalized spacial score (nSPS) is 17.7. The summed E-state index contributed by atoms with van der Waals surface area (Å²) in [6.45, 7) is 1.53. The lowest BCUT2D eigenvalue weighted by Crippen LogP contribution is -2.36. The number of carbonyl (C=O) groups is 2. The van der Waals surface area contributed by atoms with Gasteiger partial charge in [-0.1, -0.05) is 75.6 Å². The van der Waals surface area contributed by atoms with Gasteiger partial charge in [-0.25, -0.2) is 0 Å². The van der Waals surface area contributed by atoms with Gasteiger partial charge in [-0.2, -0.15) is 0 Å². The second kappa shape index (κ2) is 14.2. The minimum atomic E-state index is -0.428. The topological polar surface area (TPSA) is 79.6 Å². The van der Waals surface area contributed by atoms with Crippen LogP contribution in [0.5, 0.6) is 0 Å². The van der Waals surface area contributed by atoms with Crippen LogP contribution in [-0.4, -0.2) is 29.3 Å². The lowest BCUT2D eigenvalue weighted by Gasteiger charge is -2.31. The highest BCUT2D eigenvalue weighted by atomic mass is 79.9. The maximum atomic E-state index is 13.4. The van der Waals surface area contributed by atoms with E-state index in [1.807, 2.05) is 29.2 Å². The number of fused-ring (bicyclic) bond motifs is 1. The van der Waals surface area contributed by atoms with Gasteiger partial charge < -0.3 is 14.6 Å². The van der Waals surface area contributed by atoms with E-state index in [1.54, 1.807) is 18.2 Å². The van der Waals surface area contributed by atoms with Gasteiger partial charge in [-0.05, 0) is 97.9 Å². The van der Waals surface area contributed by atoms with E-state index in [4.69, 9.17) is 16.0 Å². The lowest BCUT2D eigenvalue weighted by molar-refractivity contribution is -0.133. The van der Waals surface area contributed by atoms with Crippen molar-refractivity contribution in [2.45, 2.75) is 69.9 Å². The molecule has 1 atom stereocenters. The highest BCUT2D eigenvalue weighted by molar-refractivity contribution is 9.10. The highest BCUT2D eigenvalue weighted by Crippen LogP contribution is 2.37. The first kappa shape index (κ1) is 31.3. The zero-order chi connectivity index (χ0) is 31.3. The smallest absolute Gasteiger partial charge is 0.287 e. The molecule has 2 amide bonds. The summed E-state index contributed by atoms with van der Waals surface area (Å²) in [6.07, 6.45) is 9.33. The summed E-state index contributed by atoms with van der Waals surface area (Å²) in [5.41, 5.74) is 5.05. The number of carbonyl (C=O) groups excluding carboxylic acids is 2. The van der Waals surface area contributed by atoms with Gasteiger partial charge in [-0.3, -0.25) is 14.4 Å². The molecule has 0 unspecified atom stereocenters. The largest absolute Gasteiger partial charge is 0.451 e. The molecular weight excluding hydrogens is 652 g/mol. The van der Waals surface area contributed by atoms with Crippen molar-refractivity contribution < 1.29 is 14.0 Å². The molecule has 1 saturated heterocycles. The number of allylic oxidation sites excluding steroid dienone is 1. The Morgan fingerprint density at radius 1 is 1.00 bits per heavy atom. The molecule has 1 saturated carbocycles. The maximum Gasteiger partial charge on any atom is 0.287 e. The first-order chi connectivity index (χ1) is 21.8. The third-order valence-electron chi connectivity index (χ3n) is 8.94. The number of amides is 2. The van der Waals surface area contributed by atoms with Crippen LogP contribution in [0, 0.1) is 0 Å². The van der Waals surface area contributed by atoms with E-state index >= 15 is 0 Å². The number of nitrogens with zero attached hydrogens (tertiary/aromatic N) is 1. The van der Waals surface area contributed by atoms with Crippen molar-refractivity contribution in [3.63, 3.8) is 0 Å². The molecule has 2 fully saturated rings. The van der Waals surface area contributed by atoms with Crippen LogP contribution in [0.4, 0.5) is 0 Å². The van der Waals surface area contributed by atoms with Gasteiger partial charge in [0.15, 0.2) is 11.2 Å². The SMILES string of the molecule is O=C(N[C@@H](C=C1CCC(c2ccccc2CN2CCCCC2=O)CC1)Cc1ccc(Cl)cc1)c1cc(=O)c2cc(Br)ccc2o1. The Hall–Kier alpha value is -3.68. The number of nitrogens with one attached hydrogen (secondary N) is 1. The van der Waals surface area contributed by atoms with Gasteiger partial charge in [0.05, 0.1) is 11.4 Å². The number of rotatable bonds is 8. The molecule has 2 heterocycles. The predicted octanol–water partition coefficient (Wildman–Crippen LogP) is 8.35. The van der Waals surface area contributed by atoms with Gasteiger partial charge in [0.25, 0.3) is 5.91 Å². The van der Waals surface area contributed by atoms with Crippen LogP contribution in [-0.2, 0) is 17.8 Å². The Kier molecular flexibility index (Phi) is 9.86. The van der Waals surface area contributed by atoms with Gasteiger partial charge >= 0.3 is 0 Å². The molecule has 0 bridgehead atoms.